The third kappa shape index (κ3) is 6.14. The third-order valence-electron chi connectivity index (χ3n) is 11.5. The SMILES string of the molecule is c1ccc(-c2ccc3c(c2)c2ccccc2n3-c2ccc(-c3nc(-c4ccccc4)nc4c3sc3ccccc34)cc2-c2nc(-c3ccccc3)nc(-c3ccccc3)n2)cc1. The van der Waals surface area contributed by atoms with Crippen molar-refractivity contribution in [2.45, 2.75) is 0 Å². The second kappa shape index (κ2) is 14.9. The van der Waals surface area contributed by atoms with Crippen molar-refractivity contribution in [3.8, 4) is 73.6 Å². The van der Waals surface area contributed by atoms with E-state index in [1.807, 2.05) is 78.9 Å². The number of nitrogens with zero attached hydrogens (tertiary/aromatic N) is 6. The van der Waals surface area contributed by atoms with Crippen molar-refractivity contribution in [3.05, 3.63) is 206 Å². The van der Waals surface area contributed by atoms with Crippen LogP contribution in [0.5, 0.6) is 0 Å². The van der Waals surface area contributed by atoms with E-state index < -0.39 is 0 Å². The average Bonchev–Trinajstić information content (AvgIpc) is 3.90. The summed E-state index contributed by atoms with van der Waals surface area (Å²) in [5, 5.41) is 3.44. The van der Waals surface area contributed by atoms with Gasteiger partial charge in [0.25, 0.3) is 0 Å². The molecular formula is C55H34N6S. The Kier molecular flexibility index (Phi) is 8.57. The molecule has 0 atom stereocenters. The zero-order chi connectivity index (χ0) is 41.0. The van der Waals surface area contributed by atoms with Crippen molar-refractivity contribution in [3.63, 3.8) is 0 Å². The Labute approximate surface area is 361 Å². The Balaban J connectivity index is 1.17. The summed E-state index contributed by atoms with van der Waals surface area (Å²) >= 11 is 1.72. The summed E-state index contributed by atoms with van der Waals surface area (Å²) in [7, 11) is 0. The molecule has 0 saturated heterocycles. The number of hydrogen-bond acceptors (Lipinski definition) is 6. The van der Waals surface area contributed by atoms with Gasteiger partial charge in [0, 0.05) is 48.7 Å². The van der Waals surface area contributed by atoms with Gasteiger partial charge >= 0.3 is 0 Å². The lowest BCUT2D eigenvalue weighted by molar-refractivity contribution is 1.06. The largest absolute Gasteiger partial charge is 0.309 e. The summed E-state index contributed by atoms with van der Waals surface area (Å²) in [5.41, 5.74) is 11.8. The zero-order valence-electron chi connectivity index (χ0n) is 33.2. The van der Waals surface area contributed by atoms with Gasteiger partial charge in [-0.2, -0.15) is 0 Å². The van der Waals surface area contributed by atoms with Crippen LogP contribution in [-0.4, -0.2) is 29.5 Å². The standard InChI is InChI=1S/C55H34N6S/c1-5-17-35(18-6-1)39-29-31-46-43(33-39)41-25-13-15-27-45(41)61(46)47-32-30-40(49-51-50(42-26-14-16-28-48(42)62-51)57-52(56-49)36-19-7-2-8-20-36)34-44(47)55-59-53(37-21-9-3-10-22-37)58-54(60-55)38-23-11-4-12-24-38/h1-34H. The van der Waals surface area contributed by atoms with Gasteiger partial charge in [0.05, 0.1) is 32.6 Å². The topological polar surface area (TPSA) is 69.4 Å². The second-order valence-corrected chi connectivity index (χ2v) is 16.3. The summed E-state index contributed by atoms with van der Waals surface area (Å²) in [6.45, 7) is 0. The summed E-state index contributed by atoms with van der Waals surface area (Å²) in [6, 6.07) is 71.6. The minimum Gasteiger partial charge on any atom is -0.309 e. The lowest BCUT2D eigenvalue weighted by Gasteiger charge is -2.16. The smallest absolute Gasteiger partial charge is 0.166 e. The highest BCUT2D eigenvalue weighted by Gasteiger charge is 2.23. The van der Waals surface area contributed by atoms with E-state index in [0.717, 1.165) is 81.3 Å². The van der Waals surface area contributed by atoms with E-state index in [1.165, 1.54) is 11.1 Å². The Bertz CT molecular complexity index is 3560. The van der Waals surface area contributed by atoms with Crippen molar-refractivity contribution in [1.29, 1.82) is 0 Å². The predicted octanol–water partition coefficient (Wildman–Crippen LogP) is 14.1. The average molecular weight is 811 g/mol. The number of rotatable bonds is 7. The molecule has 0 amide bonds. The van der Waals surface area contributed by atoms with Crippen LogP contribution in [0, 0.1) is 0 Å². The van der Waals surface area contributed by atoms with Gasteiger partial charge in [-0.1, -0.05) is 170 Å². The summed E-state index contributed by atoms with van der Waals surface area (Å²) in [6.07, 6.45) is 0. The molecule has 0 bridgehead atoms. The fourth-order valence-corrected chi connectivity index (χ4v) is 9.69. The maximum Gasteiger partial charge on any atom is 0.166 e. The Hall–Kier alpha value is -8.13. The molecule has 7 heteroatoms. The van der Waals surface area contributed by atoms with E-state index >= 15 is 0 Å². The molecule has 0 fully saturated rings. The summed E-state index contributed by atoms with van der Waals surface area (Å²) in [4.78, 5) is 26.3. The van der Waals surface area contributed by atoms with Crippen molar-refractivity contribution in [2.75, 3.05) is 0 Å². The van der Waals surface area contributed by atoms with Gasteiger partial charge in [0.2, 0.25) is 0 Å². The minimum atomic E-state index is 0.561. The first-order chi connectivity index (χ1) is 30.7. The van der Waals surface area contributed by atoms with Gasteiger partial charge in [-0.3, -0.25) is 0 Å². The third-order valence-corrected chi connectivity index (χ3v) is 12.6. The van der Waals surface area contributed by atoms with E-state index in [2.05, 4.69) is 132 Å². The Morgan fingerprint density at radius 2 is 0.855 bits per heavy atom. The molecule has 0 aliphatic heterocycles. The Morgan fingerprint density at radius 1 is 0.339 bits per heavy atom. The normalized spacial score (nSPS) is 11.5. The maximum absolute atomic E-state index is 5.37. The number of thiophene rings is 1. The fraction of sp³-hybridized carbons (Fsp3) is 0. The highest BCUT2D eigenvalue weighted by atomic mass is 32.1. The van der Waals surface area contributed by atoms with Crippen LogP contribution in [0.15, 0.2) is 206 Å². The molecule has 290 valence electrons. The lowest BCUT2D eigenvalue weighted by Crippen LogP contribution is -2.04. The first-order valence-electron chi connectivity index (χ1n) is 20.6. The summed E-state index contributed by atoms with van der Waals surface area (Å²) < 4.78 is 4.55. The predicted molar refractivity (Wildman–Crippen MR) is 255 cm³/mol. The molecule has 0 radical (unpaired) electrons. The van der Waals surface area contributed by atoms with Crippen molar-refractivity contribution in [1.82, 2.24) is 29.5 Å². The van der Waals surface area contributed by atoms with Gasteiger partial charge in [-0.25, -0.2) is 24.9 Å². The molecule has 12 aromatic rings. The molecule has 6 nitrogen and oxygen atoms in total. The van der Waals surface area contributed by atoms with E-state index in [9.17, 15) is 0 Å². The van der Waals surface area contributed by atoms with E-state index in [-0.39, 0.29) is 0 Å². The van der Waals surface area contributed by atoms with E-state index in [4.69, 9.17) is 24.9 Å². The molecule has 0 N–H and O–H groups in total. The van der Waals surface area contributed by atoms with Crippen LogP contribution in [0.3, 0.4) is 0 Å². The van der Waals surface area contributed by atoms with Crippen molar-refractivity contribution < 1.29 is 0 Å². The molecular weight excluding hydrogens is 777 g/mol. The highest BCUT2D eigenvalue weighted by Crippen LogP contribution is 2.43. The number of aromatic nitrogens is 6. The number of hydrogen-bond donors (Lipinski definition) is 0. The molecule has 12 rings (SSSR count). The van der Waals surface area contributed by atoms with Crippen LogP contribution in [0.4, 0.5) is 0 Å². The second-order valence-electron chi connectivity index (χ2n) is 15.3. The maximum atomic E-state index is 5.37. The number of para-hydroxylation sites is 1. The summed E-state index contributed by atoms with van der Waals surface area (Å²) in [5.74, 6) is 2.43. The van der Waals surface area contributed by atoms with Gasteiger partial charge in [-0.05, 0) is 47.5 Å². The van der Waals surface area contributed by atoms with Gasteiger partial charge in [0.15, 0.2) is 23.3 Å². The fourth-order valence-electron chi connectivity index (χ4n) is 8.53. The zero-order valence-corrected chi connectivity index (χ0v) is 34.0. The first kappa shape index (κ1) is 35.8. The van der Waals surface area contributed by atoms with Crippen LogP contribution in [0.1, 0.15) is 0 Å². The van der Waals surface area contributed by atoms with Crippen molar-refractivity contribution in [2.24, 2.45) is 0 Å². The van der Waals surface area contributed by atoms with Crippen LogP contribution < -0.4 is 0 Å². The molecule has 0 saturated carbocycles. The lowest BCUT2D eigenvalue weighted by atomic mass is 10.0. The van der Waals surface area contributed by atoms with Crippen LogP contribution in [0.2, 0.25) is 0 Å². The van der Waals surface area contributed by atoms with E-state index in [0.29, 0.717) is 23.3 Å². The number of benzene rings is 8. The quantitative estimate of drug-likeness (QED) is 0.160. The van der Waals surface area contributed by atoms with Gasteiger partial charge in [-0.15, -0.1) is 11.3 Å². The van der Waals surface area contributed by atoms with Crippen molar-refractivity contribution >= 4 is 53.4 Å². The van der Waals surface area contributed by atoms with Crippen LogP contribution >= 0.6 is 11.3 Å². The number of fused-ring (bicyclic) bond motifs is 6. The molecule has 0 aliphatic rings. The molecule has 0 aliphatic carbocycles. The molecule has 4 heterocycles. The van der Waals surface area contributed by atoms with Crippen LogP contribution in [0.25, 0.3) is 116 Å². The van der Waals surface area contributed by atoms with Gasteiger partial charge in [0.1, 0.15) is 0 Å². The minimum absolute atomic E-state index is 0.561. The van der Waals surface area contributed by atoms with Gasteiger partial charge < -0.3 is 4.57 Å². The molecule has 8 aromatic carbocycles. The molecule has 62 heavy (non-hydrogen) atoms. The molecule has 0 spiro atoms. The molecule has 0 unspecified atom stereocenters. The first-order valence-corrected chi connectivity index (χ1v) is 21.4. The van der Waals surface area contributed by atoms with E-state index in [1.54, 1.807) is 11.3 Å². The molecule has 4 aromatic heterocycles. The monoisotopic (exact) mass is 810 g/mol. The Morgan fingerprint density at radius 3 is 1.52 bits per heavy atom. The van der Waals surface area contributed by atoms with Crippen LogP contribution in [-0.2, 0) is 0 Å². The highest BCUT2D eigenvalue weighted by molar-refractivity contribution is 7.26.